The van der Waals surface area contributed by atoms with Gasteiger partial charge >= 0.3 is 0 Å². The Morgan fingerprint density at radius 2 is 2.12 bits per heavy atom. The van der Waals surface area contributed by atoms with E-state index in [9.17, 15) is 0 Å². The summed E-state index contributed by atoms with van der Waals surface area (Å²) < 4.78 is 7.56. The highest BCUT2D eigenvalue weighted by Gasteiger charge is 2.09. The maximum Gasteiger partial charge on any atom is 0.187 e. The van der Waals surface area contributed by atoms with Gasteiger partial charge in [-0.3, -0.25) is 10.3 Å². The van der Waals surface area contributed by atoms with Gasteiger partial charge in [0.1, 0.15) is 0 Å². The zero-order valence-corrected chi connectivity index (χ0v) is 15.4. The Hall–Kier alpha value is -1.96. The fourth-order valence-corrected chi connectivity index (χ4v) is 3.15. The topological polar surface area (TPSA) is 53.8 Å². The lowest BCUT2D eigenvalue weighted by atomic mass is 10.2. The normalized spacial score (nSPS) is 15.7. The molecule has 1 saturated heterocycles. The highest BCUT2D eigenvalue weighted by Crippen LogP contribution is 2.19. The van der Waals surface area contributed by atoms with Crippen LogP contribution in [0.3, 0.4) is 0 Å². The van der Waals surface area contributed by atoms with Gasteiger partial charge in [0, 0.05) is 55.4 Å². The summed E-state index contributed by atoms with van der Waals surface area (Å²) in [6, 6.07) is 8.34. The second kappa shape index (κ2) is 8.94. The van der Waals surface area contributed by atoms with E-state index in [2.05, 4.69) is 56.6 Å². The van der Waals surface area contributed by atoms with Crippen molar-refractivity contribution in [3.8, 4) is 0 Å². The van der Waals surface area contributed by atoms with Crippen LogP contribution in [-0.2, 0) is 11.3 Å². The molecule has 6 nitrogen and oxygen atoms in total. The largest absolute Gasteiger partial charge is 0.379 e. The summed E-state index contributed by atoms with van der Waals surface area (Å²) in [6.45, 7) is 8.44. The molecule has 1 fully saturated rings. The van der Waals surface area contributed by atoms with Gasteiger partial charge in [-0.15, -0.1) is 0 Å². The lowest BCUT2D eigenvalue weighted by Crippen LogP contribution is -2.42. The van der Waals surface area contributed by atoms with Crippen molar-refractivity contribution in [2.24, 2.45) is 5.10 Å². The van der Waals surface area contributed by atoms with Crippen molar-refractivity contribution in [2.75, 3.05) is 39.4 Å². The molecule has 0 radical (unpaired) electrons. The van der Waals surface area contributed by atoms with Crippen molar-refractivity contribution in [2.45, 2.75) is 13.5 Å². The summed E-state index contributed by atoms with van der Waals surface area (Å²) in [5, 5.41) is 9.21. The van der Waals surface area contributed by atoms with Gasteiger partial charge in [-0.05, 0) is 25.2 Å². The van der Waals surface area contributed by atoms with Crippen LogP contribution in [0.15, 0.2) is 35.6 Å². The molecule has 1 aromatic heterocycles. The molecule has 25 heavy (non-hydrogen) atoms. The van der Waals surface area contributed by atoms with E-state index in [1.165, 1.54) is 10.9 Å². The molecular formula is C18H25N5OS. The van der Waals surface area contributed by atoms with Gasteiger partial charge in [0.25, 0.3) is 0 Å². The predicted octanol–water partition coefficient (Wildman–Crippen LogP) is 1.79. The van der Waals surface area contributed by atoms with Gasteiger partial charge in [0.15, 0.2) is 5.11 Å². The maximum absolute atomic E-state index is 5.34. The number of nitrogens with one attached hydrogen (secondary N) is 2. The van der Waals surface area contributed by atoms with E-state index >= 15 is 0 Å². The van der Waals surface area contributed by atoms with Crippen LogP contribution >= 0.6 is 12.2 Å². The van der Waals surface area contributed by atoms with E-state index < -0.39 is 0 Å². The molecule has 2 heterocycles. The third-order valence-electron chi connectivity index (χ3n) is 4.35. The SMILES string of the molecule is CCn1cc(/C=N/NC(=S)NCCN2CCOCC2)c2ccccc21. The molecule has 0 aliphatic carbocycles. The number of fused-ring (bicyclic) bond motifs is 1. The highest BCUT2D eigenvalue weighted by molar-refractivity contribution is 7.80. The van der Waals surface area contributed by atoms with E-state index in [0.29, 0.717) is 5.11 Å². The van der Waals surface area contributed by atoms with Gasteiger partial charge in [-0.2, -0.15) is 5.10 Å². The Morgan fingerprint density at radius 3 is 2.92 bits per heavy atom. The minimum Gasteiger partial charge on any atom is -0.379 e. The maximum atomic E-state index is 5.34. The molecule has 0 atom stereocenters. The van der Waals surface area contributed by atoms with Gasteiger partial charge in [-0.1, -0.05) is 18.2 Å². The summed E-state index contributed by atoms with van der Waals surface area (Å²) in [5.74, 6) is 0. The van der Waals surface area contributed by atoms with Crippen molar-refractivity contribution < 1.29 is 4.74 Å². The Kier molecular flexibility index (Phi) is 6.38. The average molecular weight is 359 g/mol. The van der Waals surface area contributed by atoms with Gasteiger partial charge in [-0.25, -0.2) is 0 Å². The van der Waals surface area contributed by atoms with Crippen molar-refractivity contribution in [1.82, 2.24) is 20.2 Å². The zero-order valence-electron chi connectivity index (χ0n) is 14.6. The van der Waals surface area contributed by atoms with E-state index in [-0.39, 0.29) is 0 Å². The highest BCUT2D eigenvalue weighted by atomic mass is 32.1. The fraction of sp³-hybridized carbons (Fsp3) is 0.444. The molecule has 0 bridgehead atoms. The number of para-hydroxylation sites is 1. The van der Waals surface area contributed by atoms with Gasteiger partial charge in [0.05, 0.1) is 19.4 Å². The van der Waals surface area contributed by atoms with Crippen molar-refractivity contribution in [3.05, 3.63) is 36.0 Å². The fourth-order valence-electron chi connectivity index (χ4n) is 2.99. The molecule has 0 amide bonds. The van der Waals surface area contributed by atoms with E-state index in [0.717, 1.165) is 51.5 Å². The van der Waals surface area contributed by atoms with Crippen LogP contribution in [0.2, 0.25) is 0 Å². The number of hydrogen-bond acceptors (Lipinski definition) is 4. The van der Waals surface area contributed by atoms with Crippen molar-refractivity contribution in [1.29, 1.82) is 0 Å². The van der Waals surface area contributed by atoms with Gasteiger partial charge in [0.2, 0.25) is 0 Å². The summed E-state index contributed by atoms with van der Waals surface area (Å²) in [7, 11) is 0. The molecule has 0 spiro atoms. The zero-order chi connectivity index (χ0) is 17.5. The summed E-state index contributed by atoms with van der Waals surface area (Å²) in [6.07, 6.45) is 3.94. The van der Waals surface area contributed by atoms with Crippen LogP contribution in [0.4, 0.5) is 0 Å². The van der Waals surface area contributed by atoms with Crippen LogP contribution in [-0.4, -0.2) is 60.2 Å². The molecule has 2 aromatic rings. The molecule has 1 aliphatic heterocycles. The number of aryl methyl sites for hydroxylation is 1. The standard InChI is InChI=1S/C18H25N5OS/c1-2-23-14-15(16-5-3-4-6-17(16)23)13-20-21-18(25)19-7-8-22-9-11-24-12-10-22/h3-6,13-14H,2,7-12H2,1H3,(H2,19,21,25)/b20-13+. The summed E-state index contributed by atoms with van der Waals surface area (Å²) >= 11 is 5.28. The Morgan fingerprint density at radius 1 is 1.32 bits per heavy atom. The van der Waals surface area contributed by atoms with Crippen LogP contribution in [0.25, 0.3) is 10.9 Å². The Bertz CT molecular complexity index is 736. The molecule has 1 aliphatic rings. The lowest BCUT2D eigenvalue weighted by Gasteiger charge is -2.26. The Labute approximate surface area is 153 Å². The second-order valence-corrected chi connectivity index (χ2v) is 6.38. The minimum atomic E-state index is 0.545. The number of ether oxygens (including phenoxy) is 1. The molecule has 1 aromatic carbocycles. The molecule has 134 valence electrons. The van der Waals surface area contributed by atoms with Crippen molar-refractivity contribution in [3.63, 3.8) is 0 Å². The molecule has 0 unspecified atom stereocenters. The van der Waals surface area contributed by atoms with Gasteiger partial charge < -0.3 is 14.6 Å². The molecule has 2 N–H and O–H groups in total. The first-order chi connectivity index (χ1) is 12.3. The smallest absolute Gasteiger partial charge is 0.187 e. The monoisotopic (exact) mass is 359 g/mol. The van der Waals surface area contributed by atoms with Crippen molar-refractivity contribution >= 4 is 34.4 Å². The number of rotatable bonds is 6. The summed E-state index contributed by atoms with van der Waals surface area (Å²) in [4.78, 5) is 2.36. The molecule has 7 heteroatoms. The first-order valence-electron chi connectivity index (χ1n) is 8.73. The quantitative estimate of drug-likeness (QED) is 0.468. The van der Waals surface area contributed by atoms with Crippen LogP contribution in [0.1, 0.15) is 12.5 Å². The number of hydrazone groups is 1. The summed E-state index contributed by atoms with van der Waals surface area (Å²) in [5.41, 5.74) is 5.20. The molecule has 3 rings (SSSR count). The number of nitrogens with zero attached hydrogens (tertiary/aromatic N) is 3. The second-order valence-electron chi connectivity index (χ2n) is 5.97. The third kappa shape index (κ3) is 4.78. The average Bonchev–Trinajstić information content (AvgIpc) is 3.01. The van der Waals surface area contributed by atoms with E-state index in [1.54, 1.807) is 0 Å². The first kappa shape index (κ1) is 17.8. The third-order valence-corrected chi connectivity index (χ3v) is 4.58. The molecule has 0 saturated carbocycles. The first-order valence-corrected chi connectivity index (χ1v) is 9.13. The van der Waals surface area contributed by atoms with E-state index in [1.807, 2.05) is 12.3 Å². The predicted molar refractivity (Wildman–Crippen MR) is 106 cm³/mol. The number of morpholine rings is 1. The van der Waals surface area contributed by atoms with Crippen LogP contribution in [0, 0.1) is 0 Å². The van der Waals surface area contributed by atoms with Crippen LogP contribution in [0.5, 0.6) is 0 Å². The van der Waals surface area contributed by atoms with Crippen LogP contribution < -0.4 is 10.7 Å². The Balaban J connectivity index is 1.48. The number of aromatic nitrogens is 1. The number of benzene rings is 1. The minimum absolute atomic E-state index is 0.545. The lowest BCUT2D eigenvalue weighted by molar-refractivity contribution is 0.0389. The number of hydrogen-bond donors (Lipinski definition) is 2. The van der Waals surface area contributed by atoms with E-state index in [4.69, 9.17) is 17.0 Å². The number of thiocarbonyl (C=S) groups is 1. The molecular weight excluding hydrogens is 334 g/mol.